The molecule has 0 unspecified atom stereocenters. The lowest BCUT2D eigenvalue weighted by Gasteiger charge is -2.15. The molecule has 196 valence electrons. The molecular weight excluding hydrogens is 595 g/mol. The van der Waals surface area contributed by atoms with Crippen molar-refractivity contribution in [2.75, 3.05) is 20.3 Å². The Morgan fingerprint density at radius 1 is 0.895 bits per heavy atom. The summed E-state index contributed by atoms with van der Waals surface area (Å²) in [6.07, 6.45) is 1.57. The second-order valence-corrected chi connectivity index (χ2v) is 9.35. The van der Waals surface area contributed by atoms with E-state index < -0.39 is 0 Å². The van der Waals surface area contributed by atoms with Gasteiger partial charge in [-0.1, -0.05) is 42.5 Å². The van der Waals surface area contributed by atoms with Gasteiger partial charge in [0.25, 0.3) is 5.91 Å². The molecule has 7 nitrogen and oxygen atoms in total. The molecule has 0 radical (unpaired) electrons. The van der Waals surface area contributed by atoms with Gasteiger partial charge in [-0.3, -0.25) is 4.79 Å². The Bertz CT molecular complexity index is 1450. The van der Waals surface area contributed by atoms with Crippen molar-refractivity contribution in [1.82, 2.24) is 5.43 Å². The average molecular weight is 624 g/mol. The Hall–Kier alpha value is -3.79. The van der Waals surface area contributed by atoms with E-state index in [-0.39, 0.29) is 5.91 Å². The van der Waals surface area contributed by atoms with E-state index in [0.29, 0.717) is 48.4 Å². The number of methoxy groups -OCH3 is 1. The molecule has 0 fully saturated rings. The highest BCUT2D eigenvalue weighted by Gasteiger charge is 2.14. The van der Waals surface area contributed by atoms with Gasteiger partial charge in [0, 0.05) is 5.56 Å². The van der Waals surface area contributed by atoms with Crippen molar-refractivity contribution in [3.63, 3.8) is 0 Å². The third kappa shape index (κ3) is 6.55. The van der Waals surface area contributed by atoms with Crippen LogP contribution in [0.3, 0.4) is 0 Å². The normalized spacial score (nSPS) is 10.9. The molecule has 0 heterocycles. The maximum absolute atomic E-state index is 12.6. The van der Waals surface area contributed by atoms with Gasteiger partial charge in [-0.15, -0.1) is 0 Å². The predicted molar refractivity (Wildman–Crippen MR) is 158 cm³/mol. The van der Waals surface area contributed by atoms with Gasteiger partial charge in [-0.25, -0.2) is 5.43 Å². The van der Waals surface area contributed by atoms with Crippen LogP contribution in [0.2, 0.25) is 0 Å². The number of amides is 1. The van der Waals surface area contributed by atoms with Crippen LogP contribution < -0.4 is 24.4 Å². The van der Waals surface area contributed by atoms with Gasteiger partial charge in [0.15, 0.2) is 23.0 Å². The van der Waals surface area contributed by atoms with Crippen molar-refractivity contribution in [1.29, 1.82) is 0 Å². The Kier molecular flexibility index (Phi) is 9.42. The van der Waals surface area contributed by atoms with Crippen molar-refractivity contribution in [2.24, 2.45) is 5.10 Å². The largest absolute Gasteiger partial charge is 0.493 e. The first kappa shape index (κ1) is 27.3. The number of nitrogens with zero attached hydrogens (tertiary/aromatic N) is 1. The lowest BCUT2D eigenvalue weighted by atomic mass is 10.1. The molecule has 4 aromatic carbocycles. The summed E-state index contributed by atoms with van der Waals surface area (Å²) in [6, 6.07) is 23.2. The van der Waals surface area contributed by atoms with Crippen molar-refractivity contribution in [2.45, 2.75) is 20.5 Å². The molecule has 0 bridgehead atoms. The zero-order valence-electron chi connectivity index (χ0n) is 21.5. The van der Waals surface area contributed by atoms with Crippen molar-refractivity contribution in [3.8, 4) is 23.0 Å². The highest BCUT2D eigenvalue weighted by Crippen LogP contribution is 2.35. The highest BCUT2D eigenvalue weighted by molar-refractivity contribution is 14.1. The van der Waals surface area contributed by atoms with Crippen molar-refractivity contribution in [3.05, 3.63) is 93.1 Å². The molecule has 0 saturated heterocycles. The van der Waals surface area contributed by atoms with Gasteiger partial charge >= 0.3 is 0 Å². The molecule has 0 atom stereocenters. The van der Waals surface area contributed by atoms with Crippen molar-refractivity contribution >= 4 is 45.5 Å². The molecule has 0 aromatic heterocycles. The van der Waals surface area contributed by atoms with E-state index in [1.807, 2.05) is 44.2 Å². The van der Waals surface area contributed by atoms with Gasteiger partial charge < -0.3 is 18.9 Å². The molecule has 38 heavy (non-hydrogen) atoms. The zero-order valence-corrected chi connectivity index (χ0v) is 23.7. The van der Waals surface area contributed by atoms with E-state index >= 15 is 0 Å². The summed E-state index contributed by atoms with van der Waals surface area (Å²) < 4.78 is 23.8. The van der Waals surface area contributed by atoms with Crippen LogP contribution in [0.25, 0.3) is 10.8 Å². The second kappa shape index (κ2) is 13.1. The summed E-state index contributed by atoms with van der Waals surface area (Å²) in [6.45, 7) is 5.15. The molecular formula is C30H29IN2O5. The number of hydrazone groups is 1. The Labute approximate surface area is 235 Å². The SMILES string of the molecule is CCOc1cc(C(=O)N/N=C/c2cc(I)c(OCc3cccc4ccccc34)c(OCC)c2)ccc1OC. The minimum Gasteiger partial charge on any atom is -0.493 e. The molecule has 1 amide bonds. The number of hydrogen-bond donors (Lipinski definition) is 1. The van der Waals surface area contributed by atoms with Crippen LogP contribution in [0.1, 0.15) is 35.3 Å². The number of ether oxygens (including phenoxy) is 4. The fraction of sp³-hybridized carbons (Fsp3) is 0.200. The average Bonchev–Trinajstić information content (AvgIpc) is 2.93. The lowest BCUT2D eigenvalue weighted by Crippen LogP contribution is -2.17. The van der Waals surface area contributed by atoms with E-state index in [2.05, 4.69) is 57.4 Å². The number of rotatable bonds is 11. The number of carbonyl (C=O) groups excluding carboxylic acids is 1. The number of halogens is 1. The minimum absolute atomic E-state index is 0.361. The van der Waals surface area contributed by atoms with Gasteiger partial charge in [0.1, 0.15) is 6.61 Å². The predicted octanol–water partition coefficient (Wildman–Crippen LogP) is 6.59. The molecule has 0 aliphatic carbocycles. The first-order valence-electron chi connectivity index (χ1n) is 12.2. The molecule has 0 aliphatic rings. The van der Waals surface area contributed by atoms with E-state index in [9.17, 15) is 4.79 Å². The van der Waals surface area contributed by atoms with Gasteiger partial charge in [-0.05, 0) is 88.7 Å². The van der Waals surface area contributed by atoms with Crippen LogP contribution in [-0.4, -0.2) is 32.4 Å². The van der Waals surface area contributed by atoms with Crippen LogP contribution in [-0.2, 0) is 6.61 Å². The summed E-state index contributed by atoms with van der Waals surface area (Å²) in [5.41, 5.74) is 4.84. The molecule has 4 rings (SSSR count). The van der Waals surface area contributed by atoms with Crippen LogP contribution >= 0.6 is 22.6 Å². The molecule has 4 aromatic rings. The van der Waals surface area contributed by atoms with Crippen LogP contribution in [0, 0.1) is 3.57 Å². The highest BCUT2D eigenvalue weighted by atomic mass is 127. The van der Waals surface area contributed by atoms with Gasteiger partial charge in [0.05, 0.1) is 30.1 Å². The van der Waals surface area contributed by atoms with Crippen molar-refractivity contribution < 1.29 is 23.7 Å². The third-order valence-corrected chi connectivity index (χ3v) is 6.49. The monoisotopic (exact) mass is 624 g/mol. The lowest BCUT2D eigenvalue weighted by molar-refractivity contribution is 0.0954. The third-order valence-electron chi connectivity index (χ3n) is 5.69. The topological polar surface area (TPSA) is 78.4 Å². The molecule has 8 heteroatoms. The summed E-state index contributed by atoms with van der Waals surface area (Å²) in [5.74, 6) is 1.99. The van der Waals surface area contributed by atoms with Crippen LogP contribution in [0.15, 0.2) is 77.9 Å². The fourth-order valence-electron chi connectivity index (χ4n) is 3.95. The Morgan fingerprint density at radius 3 is 2.45 bits per heavy atom. The first-order chi connectivity index (χ1) is 18.5. The fourth-order valence-corrected chi connectivity index (χ4v) is 4.73. The molecule has 0 aliphatic heterocycles. The maximum Gasteiger partial charge on any atom is 0.271 e. The number of carbonyl (C=O) groups is 1. The Balaban J connectivity index is 1.48. The quantitative estimate of drug-likeness (QED) is 0.116. The molecule has 0 spiro atoms. The number of benzene rings is 4. The molecule has 1 N–H and O–H groups in total. The van der Waals surface area contributed by atoms with Crippen LogP contribution in [0.4, 0.5) is 0 Å². The second-order valence-electron chi connectivity index (χ2n) is 8.19. The van der Waals surface area contributed by atoms with E-state index in [4.69, 9.17) is 18.9 Å². The van der Waals surface area contributed by atoms with Gasteiger partial charge in [0.2, 0.25) is 0 Å². The smallest absolute Gasteiger partial charge is 0.271 e. The number of fused-ring (bicyclic) bond motifs is 1. The summed E-state index contributed by atoms with van der Waals surface area (Å²) in [4.78, 5) is 12.6. The molecule has 0 saturated carbocycles. The summed E-state index contributed by atoms with van der Waals surface area (Å²) in [7, 11) is 1.56. The summed E-state index contributed by atoms with van der Waals surface area (Å²) in [5, 5.41) is 6.47. The number of hydrogen-bond acceptors (Lipinski definition) is 6. The van der Waals surface area contributed by atoms with Gasteiger partial charge in [-0.2, -0.15) is 5.10 Å². The van der Waals surface area contributed by atoms with E-state index in [1.165, 1.54) is 5.39 Å². The first-order valence-corrected chi connectivity index (χ1v) is 13.3. The minimum atomic E-state index is -0.361. The number of nitrogens with one attached hydrogen (secondary N) is 1. The Morgan fingerprint density at radius 2 is 1.66 bits per heavy atom. The van der Waals surface area contributed by atoms with E-state index in [1.54, 1.807) is 31.5 Å². The zero-order chi connectivity index (χ0) is 26.9. The van der Waals surface area contributed by atoms with E-state index in [0.717, 1.165) is 20.1 Å². The maximum atomic E-state index is 12.6. The standard InChI is InChI=1S/C30H29IN2O5/c1-4-36-27-17-22(13-14-26(27)35-3)30(34)33-32-18-20-15-25(31)29(28(16-20)37-5-2)38-19-23-11-8-10-21-9-6-7-12-24(21)23/h6-18H,4-5,19H2,1-3H3,(H,33,34)/b32-18+. The summed E-state index contributed by atoms with van der Waals surface area (Å²) >= 11 is 2.22. The van der Waals surface area contributed by atoms with Crippen LogP contribution in [0.5, 0.6) is 23.0 Å².